The van der Waals surface area contributed by atoms with Gasteiger partial charge >= 0.3 is 0 Å². The molecular formula is C14H24O3. The van der Waals surface area contributed by atoms with Gasteiger partial charge < -0.3 is 14.2 Å². The van der Waals surface area contributed by atoms with Crippen molar-refractivity contribution in [2.75, 3.05) is 6.61 Å². The Bertz CT molecular complexity index is 236. The second kappa shape index (κ2) is 5.25. The molecule has 0 spiro atoms. The molecule has 0 aromatic heterocycles. The number of ether oxygens (including phenoxy) is 3. The fraction of sp³-hybridized carbons (Fsp3) is 1.00. The first-order chi connectivity index (χ1) is 8.36. The van der Waals surface area contributed by atoms with Crippen LogP contribution in [0.1, 0.15) is 51.9 Å². The van der Waals surface area contributed by atoms with Crippen molar-refractivity contribution in [1.29, 1.82) is 0 Å². The van der Waals surface area contributed by atoms with Gasteiger partial charge in [-0.2, -0.15) is 0 Å². The van der Waals surface area contributed by atoms with E-state index in [9.17, 15) is 0 Å². The largest absolute Gasteiger partial charge is 0.353 e. The van der Waals surface area contributed by atoms with E-state index in [0.29, 0.717) is 12.0 Å². The van der Waals surface area contributed by atoms with E-state index in [-0.39, 0.29) is 12.6 Å². The van der Waals surface area contributed by atoms with Crippen molar-refractivity contribution in [3.05, 3.63) is 0 Å². The highest BCUT2D eigenvalue weighted by molar-refractivity contribution is 4.87. The minimum absolute atomic E-state index is 0.0118. The maximum absolute atomic E-state index is 6.10. The zero-order valence-electron chi connectivity index (χ0n) is 10.8. The van der Waals surface area contributed by atoms with Crippen LogP contribution in [0.4, 0.5) is 0 Å². The summed E-state index contributed by atoms with van der Waals surface area (Å²) in [7, 11) is 0. The van der Waals surface area contributed by atoms with Crippen molar-refractivity contribution in [2.24, 2.45) is 11.8 Å². The molecule has 1 aliphatic carbocycles. The van der Waals surface area contributed by atoms with Gasteiger partial charge in [0.2, 0.25) is 0 Å². The summed E-state index contributed by atoms with van der Waals surface area (Å²) in [4.78, 5) is 0. The zero-order valence-corrected chi connectivity index (χ0v) is 10.8. The Kier molecular flexibility index (Phi) is 3.69. The van der Waals surface area contributed by atoms with Gasteiger partial charge in [0.1, 0.15) is 0 Å². The fourth-order valence-corrected chi connectivity index (χ4v) is 3.65. The van der Waals surface area contributed by atoms with E-state index < -0.39 is 0 Å². The molecule has 0 amide bonds. The monoisotopic (exact) mass is 240 g/mol. The molecule has 0 aromatic carbocycles. The molecule has 0 aromatic rings. The number of hydrogen-bond donors (Lipinski definition) is 0. The van der Waals surface area contributed by atoms with Crippen LogP contribution >= 0.6 is 0 Å². The molecule has 3 aliphatic rings. The molecule has 3 rings (SSSR count). The maximum Gasteiger partial charge on any atom is 0.164 e. The second-order valence-corrected chi connectivity index (χ2v) is 5.69. The van der Waals surface area contributed by atoms with Gasteiger partial charge in [0.05, 0.1) is 6.10 Å². The Morgan fingerprint density at radius 2 is 1.82 bits per heavy atom. The van der Waals surface area contributed by atoms with Crippen LogP contribution in [0.5, 0.6) is 0 Å². The van der Waals surface area contributed by atoms with E-state index in [0.717, 1.165) is 18.9 Å². The lowest BCUT2D eigenvalue weighted by Crippen LogP contribution is -2.25. The maximum atomic E-state index is 6.10. The van der Waals surface area contributed by atoms with Crippen LogP contribution in [-0.4, -0.2) is 25.3 Å². The first-order valence-electron chi connectivity index (χ1n) is 7.29. The molecule has 0 radical (unpaired) electrons. The summed E-state index contributed by atoms with van der Waals surface area (Å²) in [5.41, 5.74) is 0. The quantitative estimate of drug-likeness (QED) is 0.758. The third-order valence-corrected chi connectivity index (χ3v) is 4.54. The van der Waals surface area contributed by atoms with E-state index in [1.165, 1.54) is 38.5 Å². The Hall–Kier alpha value is -0.120. The Balaban J connectivity index is 1.51. The summed E-state index contributed by atoms with van der Waals surface area (Å²) in [6.07, 6.45) is 9.62. The van der Waals surface area contributed by atoms with Gasteiger partial charge in [-0.05, 0) is 32.1 Å². The predicted octanol–water partition coefficient (Wildman–Crippen LogP) is 3.08. The Morgan fingerprint density at radius 1 is 1.00 bits per heavy atom. The lowest BCUT2D eigenvalue weighted by atomic mass is 9.83. The average molecular weight is 240 g/mol. The fourth-order valence-electron chi connectivity index (χ4n) is 3.65. The Labute approximate surface area is 104 Å². The Morgan fingerprint density at radius 3 is 2.53 bits per heavy atom. The van der Waals surface area contributed by atoms with Crippen LogP contribution in [0.3, 0.4) is 0 Å². The third-order valence-electron chi connectivity index (χ3n) is 4.54. The lowest BCUT2D eigenvalue weighted by molar-refractivity contribution is -0.212. The van der Waals surface area contributed by atoms with E-state index in [4.69, 9.17) is 14.2 Å². The summed E-state index contributed by atoms with van der Waals surface area (Å²) >= 11 is 0. The molecule has 2 saturated heterocycles. The van der Waals surface area contributed by atoms with Crippen LogP contribution in [0.2, 0.25) is 0 Å². The summed E-state index contributed by atoms with van der Waals surface area (Å²) in [5, 5.41) is 0. The molecule has 0 bridgehead atoms. The van der Waals surface area contributed by atoms with Crippen LogP contribution in [0, 0.1) is 11.8 Å². The van der Waals surface area contributed by atoms with Gasteiger partial charge in [-0.25, -0.2) is 0 Å². The highest BCUT2D eigenvalue weighted by Gasteiger charge is 2.46. The summed E-state index contributed by atoms with van der Waals surface area (Å²) in [6, 6.07) is 0. The van der Waals surface area contributed by atoms with E-state index >= 15 is 0 Å². The molecular weight excluding hydrogens is 216 g/mol. The molecule has 17 heavy (non-hydrogen) atoms. The van der Waals surface area contributed by atoms with Gasteiger partial charge in [-0.3, -0.25) is 0 Å². The predicted molar refractivity (Wildman–Crippen MR) is 64.5 cm³/mol. The molecule has 4 atom stereocenters. The van der Waals surface area contributed by atoms with E-state index in [1.807, 2.05) is 6.92 Å². The van der Waals surface area contributed by atoms with Crippen molar-refractivity contribution in [2.45, 2.75) is 70.6 Å². The normalized spacial score (nSPS) is 42.9. The summed E-state index contributed by atoms with van der Waals surface area (Å²) < 4.78 is 17.4. The molecule has 3 fully saturated rings. The molecule has 1 saturated carbocycles. The smallest absolute Gasteiger partial charge is 0.164 e. The number of fused-ring (bicyclic) bond motifs is 1. The topological polar surface area (TPSA) is 27.7 Å². The van der Waals surface area contributed by atoms with Crippen LogP contribution in [-0.2, 0) is 14.2 Å². The molecule has 2 heterocycles. The van der Waals surface area contributed by atoms with E-state index in [2.05, 4.69) is 0 Å². The number of hydrogen-bond acceptors (Lipinski definition) is 3. The van der Waals surface area contributed by atoms with Gasteiger partial charge in [-0.1, -0.05) is 19.3 Å². The molecule has 3 heteroatoms. The summed E-state index contributed by atoms with van der Waals surface area (Å²) in [5.74, 6) is 1.38. The van der Waals surface area contributed by atoms with Crippen LogP contribution in [0.25, 0.3) is 0 Å². The van der Waals surface area contributed by atoms with E-state index in [1.54, 1.807) is 0 Å². The SMILES string of the molecule is CCOC1C[C@@H]2CC(C3CCCCC3)O[C@@H]2O1. The van der Waals surface area contributed by atoms with Crippen molar-refractivity contribution >= 4 is 0 Å². The average Bonchev–Trinajstić information content (AvgIpc) is 2.88. The van der Waals surface area contributed by atoms with Crippen LogP contribution < -0.4 is 0 Å². The molecule has 2 aliphatic heterocycles. The van der Waals surface area contributed by atoms with Gasteiger partial charge in [0.15, 0.2) is 12.6 Å². The van der Waals surface area contributed by atoms with Gasteiger partial charge in [-0.15, -0.1) is 0 Å². The first kappa shape index (κ1) is 11.9. The molecule has 2 unspecified atom stereocenters. The minimum atomic E-state index is -0.0118. The third kappa shape index (κ3) is 2.51. The van der Waals surface area contributed by atoms with Crippen molar-refractivity contribution in [1.82, 2.24) is 0 Å². The zero-order chi connectivity index (χ0) is 11.7. The first-order valence-corrected chi connectivity index (χ1v) is 7.29. The number of rotatable bonds is 3. The molecule has 3 nitrogen and oxygen atoms in total. The highest BCUT2D eigenvalue weighted by Crippen LogP contribution is 2.43. The lowest BCUT2D eigenvalue weighted by Gasteiger charge is -2.27. The van der Waals surface area contributed by atoms with Crippen molar-refractivity contribution < 1.29 is 14.2 Å². The molecule has 0 N–H and O–H groups in total. The standard InChI is InChI=1S/C14H24O3/c1-2-15-13-9-11-8-12(16-14(11)17-13)10-6-4-3-5-7-10/h10-14H,2-9H2,1H3/t11-,12?,13?,14+/m0/s1. The van der Waals surface area contributed by atoms with Crippen molar-refractivity contribution in [3.63, 3.8) is 0 Å². The second-order valence-electron chi connectivity index (χ2n) is 5.69. The van der Waals surface area contributed by atoms with Gasteiger partial charge in [0.25, 0.3) is 0 Å². The van der Waals surface area contributed by atoms with Crippen LogP contribution in [0.15, 0.2) is 0 Å². The molecule has 98 valence electrons. The van der Waals surface area contributed by atoms with Gasteiger partial charge in [0, 0.05) is 18.9 Å². The summed E-state index contributed by atoms with van der Waals surface area (Å²) in [6.45, 7) is 2.75. The highest BCUT2D eigenvalue weighted by atomic mass is 16.8. The van der Waals surface area contributed by atoms with Crippen molar-refractivity contribution in [3.8, 4) is 0 Å². The minimum Gasteiger partial charge on any atom is -0.353 e.